The lowest BCUT2D eigenvalue weighted by molar-refractivity contribution is -0.149. The van der Waals surface area contributed by atoms with Crippen LogP contribution in [0.3, 0.4) is 0 Å². The topological polar surface area (TPSA) is 77.9 Å². The van der Waals surface area contributed by atoms with Gasteiger partial charge in [-0.2, -0.15) is 0 Å². The fraction of sp³-hybridized carbons (Fsp3) is 0.333. The Morgan fingerprint density at radius 3 is 2.55 bits per heavy atom. The third-order valence-electron chi connectivity index (χ3n) is 4.88. The Kier molecular flexibility index (Phi) is 8.03. The molecule has 0 aliphatic heterocycles. The normalized spacial score (nSPS) is 11.8. The lowest BCUT2D eigenvalue weighted by Crippen LogP contribution is -2.26. The summed E-state index contributed by atoms with van der Waals surface area (Å²) >= 11 is 1.61. The van der Waals surface area contributed by atoms with E-state index in [1.54, 1.807) is 25.4 Å². The first-order chi connectivity index (χ1) is 15.0. The Bertz CT molecular complexity index is 999. The predicted octanol–water partition coefficient (Wildman–Crippen LogP) is 4.78. The summed E-state index contributed by atoms with van der Waals surface area (Å²) in [5.41, 5.74) is 3.98. The van der Waals surface area contributed by atoms with E-state index in [-0.39, 0.29) is 0 Å². The maximum Gasteiger partial charge on any atom is 0.333 e. The van der Waals surface area contributed by atoms with E-state index in [2.05, 4.69) is 5.38 Å². The van der Waals surface area contributed by atoms with Crippen LogP contribution in [0.4, 0.5) is 0 Å². The molecule has 2 aromatic carbocycles. The van der Waals surface area contributed by atoms with Gasteiger partial charge in [-0.15, -0.1) is 11.3 Å². The highest BCUT2D eigenvalue weighted by Gasteiger charge is 2.19. The molecule has 0 radical (unpaired) electrons. The molecule has 0 fully saturated rings. The van der Waals surface area contributed by atoms with E-state index >= 15 is 0 Å². The number of thiazole rings is 1. The Morgan fingerprint density at radius 1 is 1.16 bits per heavy atom. The quantitative estimate of drug-likeness (QED) is 0.461. The largest absolute Gasteiger partial charge is 0.497 e. The van der Waals surface area contributed by atoms with Crippen molar-refractivity contribution in [2.75, 3.05) is 20.3 Å². The summed E-state index contributed by atoms with van der Waals surface area (Å²) in [6, 6.07) is 13.6. The van der Waals surface area contributed by atoms with Gasteiger partial charge in [-0.1, -0.05) is 6.07 Å². The van der Waals surface area contributed by atoms with Crippen molar-refractivity contribution in [1.82, 2.24) is 4.98 Å². The van der Waals surface area contributed by atoms with Crippen molar-refractivity contribution in [1.29, 1.82) is 0 Å². The highest BCUT2D eigenvalue weighted by atomic mass is 32.1. The van der Waals surface area contributed by atoms with Gasteiger partial charge in [-0.3, -0.25) is 0 Å². The van der Waals surface area contributed by atoms with E-state index in [9.17, 15) is 9.90 Å². The third kappa shape index (κ3) is 6.29. The molecule has 0 aliphatic carbocycles. The van der Waals surface area contributed by atoms with E-state index in [0.29, 0.717) is 26.1 Å². The minimum absolute atomic E-state index is 0.336. The maximum atomic E-state index is 11.3. The van der Waals surface area contributed by atoms with Gasteiger partial charge in [0.1, 0.15) is 16.5 Å². The molecule has 0 saturated heterocycles. The van der Waals surface area contributed by atoms with E-state index in [1.165, 1.54) is 0 Å². The average molecular weight is 442 g/mol. The average Bonchev–Trinajstić information content (AvgIpc) is 3.24. The molecule has 7 heteroatoms. The van der Waals surface area contributed by atoms with Gasteiger partial charge in [0, 0.05) is 30.4 Å². The van der Waals surface area contributed by atoms with Crippen molar-refractivity contribution >= 4 is 17.3 Å². The summed E-state index contributed by atoms with van der Waals surface area (Å²) in [7, 11) is 1.65. The van der Waals surface area contributed by atoms with Crippen LogP contribution >= 0.6 is 11.3 Å². The molecule has 6 nitrogen and oxygen atoms in total. The van der Waals surface area contributed by atoms with E-state index in [0.717, 1.165) is 38.9 Å². The summed E-state index contributed by atoms with van der Waals surface area (Å²) in [5, 5.41) is 12.3. The second kappa shape index (κ2) is 10.9. The van der Waals surface area contributed by atoms with Crippen molar-refractivity contribution in [2.24, 2.45) is 0 Å². The van der Waals surface area contributed by atoms with E-state index in [1.807, 2.05) is 49.4 Å². The number of rotatable bonds is 11. The fourth-order valence-corrected chi connectivity index (χ4v) is 4.03. The number of aryl methyl sites for hydroxylation is 1. The molecule has 3 rings (SSSR count). The zero-order valence-electron chi connectivity index (χ0n) is 18.0. The number of aliphatic carboxylic acids is 1. The van der Waals surface area contributed by atoms with Crippen LogP contribution < -0.4 is 9.47 Å². The van der Waals surface area contributed by atoms with E-state index in [4.69, 9.17) is 19.2 Å². The van der Waals surface area contributed by atoms with Gasteiger partial charge >= 0.3 is 5.97 Å². The van der Waals surface area contributed by atoms with Crippen LogP contribution in [0.5, 0.6) is 11.5 Å². The maximum absolute atomic E-state index is 11.3. The minimum Gasteiger partial charge on any atom is -0.497 e. The molecule has 0 amide bonds. The van der Waals surface area contributed by atoms with Gasteiger partial charge in [0.25, 0.3) is 0 Å². The zero-order chi connectivity index (χ0) is 22.2. The fourth-order valence-electron chi connectivity index (χ4n) is 3.17. The zero-order valence-corrected chi connectivity index (χ0v) is 18.8. The van der Waals surface area contributed by atoms with Gasteiger partial charge in [-0.25, -0.2) is 9.78 Å². The van der Waals surface area contributed by atoms with Crippen molar-refractivity contribution in [3.63, 3.8) is 0 Å². The van der Waals surface area contributed by atoms with Crippen LogP contribution in [-0.4, -0.2) is 42.5 Å². The molecule has 1 aromatic heterocycles. The number of nitrogens with zero attached hydrogens (tertiary/aromatic N) is 1. The van der Waals surface area contributed by atoms with Crippen LogP contribution in [-0.2, 0) is 22.4 Å². The first kappa shape index (κ1) is 22.8. The van der Waals surface area contributed by atoms with Crippen LogP contribution in [0, 0.1) is 6.92 Å². The molecule has 1 unspecified atom stereocenters. The molecule has 0 saturated carbocycles. The lowest BCUT2D eigenvalue weighted by atomic mass is 10.0. The lowest BCUT2D eigenvalue weighted by Gasteiger charge is -2.15. The Balaban J connectivity index is 1.54. The Hall–Kier alpha value is -2.90. The van der Waals surface area contributed by atoms with Gasteiger partial charge in [-0.05, 0) is 61.4 Å². The Labute approximate surface area is 186 Å². The molecular formula is C24H27NO5S. The number of benzene rings is 2. The molecule has 0 aliphatic rings. The summed E-state index contributed by atoms with van der Waals surface area (Å²) in [6.07, 6.45) is 0.209. The summed E-state index contributed by atoms with van der Waals surface area (Å²) < 4.78 is 16.4. The first-order valence-electron chi connectivity index (χ1n) is 10.2. The highest BCUT2D eigenvalue weighted by Crippen LogP contribution is 2.26. The summed E-state index contributed by atoms with van der Waals surface area (Å²) in [4.78, 5) is 16.0. The van der Waals surface area contributed by atoms with Gasteiger partial charge in [0.05, 0.1) is 19.4 Å². The molecule has 0 bridgehead atoms. The van der Waals surface area contributed by atoms with Crippen LogP contribution in [0.1, 0.15) is 23.7 Å². The molecular weight excluding hydrogens is 414 g/mol. The SMILES string of the molecule is CCOC(Cc1ccc(OCCc2csc(-c3ccc(OC)cc3)n2)cc1C)C(=O)O. The standard InChI is InChI=1S/C24H27NO5S/c1-4-29-22(24(26)27)14-18-7-10-21(13-16(18)2)30-12-11-19-15-31-23(25-19)17-5-8-20(28-3)9-6-17/h5-10,13,15,22H,4,11-12,14H2,1-3H3,(H,26,27). The second-order valence-electron chi connectivity index (χ2n) is 7.05. The van der Waals surface area contributed by atoms with Crippen LogP contribution in [0.15, 0.2) is 47.8 Å². The van der Waals surface area contributed by atoms with Crippen LogP contribution in [0.2, 0.25) is 0 Å². The molecule has 164 valence electrons. The van der Waals surface area contributed by atoms with Crippen molar-refractivity contribution in [3.8, 4) is 22.1 Å². The number of aromatic nitrogens is 1. The number of carboxylic acids is 1. The van der Waals surface area contributed by atoms with Crippen molar-refractivity contribution < 1.29 is 24.1 Å². The van der Waals surface area contributed by atoms with Gasteiger partial charge in [0.2, 0.25) is 0 Å². The number of methoxy groups -OCH3 is 1. The highest BCUT2D eigenvalue weighted by molar-refractivity contribution is 7.13. The van der Waals surface area contributed by atoms with Gasteiger partial charge < -0.3 is 19.3 Å². The van der Waals surface area contributed by atoms with Crippen molar-refractivity contribution in [3.05, 3.63) is 64.7 Å². The van der Waals surface area contributed by atoms with E-state index < -0.39 is 12.1 Å². The molecule has 0 spiro atoms. The number of ether oxygens (including phenoxy) is 3. The van der Waals surface area contributed by atoms with Crippen LogP contribution in [0.25, 0.3) is 10.6 Å². The molecule has 1 heterocycles. The second-order valence-corrected chi connectivity index (χ2v) is 7.90. The summed E-state index contributed by atoms with van der Waals surface area (Å²) in [5.74, 6) is 0.639. The molecule has 1 N–H and O–H groups in total. The van der Waals surface area contributed by atoms with Gasteiger partial charge in [0.15, 0.2) is 6.10 Å². The molecule has 31 heavy (non-hydrogen) atoms. The number of carboxylic acid groups (broad SMARTS) is 1. The minimum atomic E-state index is -0.946. The summed E-state index contributed by atoms with van der Waals surface area (Å²) in [6.45, 7) is 4.63. The Morgan fingerprint density at radius 2 is 1.90 bits per heavy atom. The number of carbonyl (C=O) groups is 1. The molecule has 1 atom stereocenters. The monoisotopic (exact) mass is 441 g/mol. The predicted molar refractivity (Wildman–Crippen MR) is 121 cm³/mol. The van der Waals surface area contributed by atoms with Crippen molar-refractivity contribution in [2.45, 2.75) is 32.8 Å². The molecule has 3 aromatic rings. The number of hydrogen-bond donors (Lipinski definition) is 1. The number of hydrogen-bond acceptors (Lipinski definition) is 6. The smallest absolute Gasteiger partial charge is 0.333 e. The third-order valence-corrected chi connectivity index (χ3v) is 5.82. The first-order valence-corrected chi connectivity index (χ1v) is 11.0.